The van der Waals surface area contributed by atoms with Crippen LogP contribution >= 0.6 is 11.8 Å². The number of thioether (sulfide) groups is 1. The van der Waals surface area contributed by atoms with Gasteiger partial charge < -0.3 is 14.5 Å². The summed E-state index contributed by atoms with van der Waals surface area (Å²) in [5.41, 5.74) is 3.04. The molecule has 25 heavy (non-hydrogen) atoms. The molecule has 1 heterocycles. The number of hydrogen-bond acceptors (Lipinski definition) is 4. The Morgan fingerprint density at radius 1 is 1.20 bits per heavy atom. The summed E-state index contributed by atoms with van der Waals surface area (Å²) >= 11 is 1.91. The first-order chi connectivity index (χ1) is 12.1. The molecule has 0 radical (unpaired) electrons. The quantitative estimate of drug-likeness (QED) is 0.836. The third-order valence-electron chi connectivity index (χ3n) is 4.45. The molecule has 2 aromatic rings. The molecule has 2 aromatic carbocycles. The number of rotatable bonds is 4. The Balaban J connectivity index is 1.74. The zero-order chi connectivity index (χ0) is 17.8. The SMILES string of the molecule is COc1ccc(C2CN(C(=O)c3cccc(N(C)C)c3)CCS2)cc1. The van der Waals surface area contributed by atoms with E-state index in [4.69, 9.17) is 4.74 Å². The first kappa shape index (κ1) is 17.7. The van der Waals surface area contributed by atoms with Gasteiger partial charge in [-0.25, -0.2) is 0 Å². The van der Waals surface area contributed by atoms with Crippen LogP contribution in [0.3, 0.4) is 0 Å². The Morgan fingerprint density at radius 2 is 1.96 bits per heavy atom. The highest BCUT2D eigenvalue weighted by Crippen LogP contribution is 2.34. The van der Waals surface area contributed by atoms with Crippen LogP contribution in [0.1, 0.15) is 21.2 Å². The van der Waals surface area contributed by atoms with E-state index in [9.17, 15) is 4.79 Å². The van der Waals surface area contributed by atoms with Crippen molar-refractivity contribution >= 4 is 23.4 Å². The highest BCUT2D eigenvalue weighted by Gasteiger charge is 2.26. The molecule has 132 valence electrons. The lowest BCUT2D eigenvalue weighted by atomic mass is 10.1. The van der Waals surface area contributed by atoms with Crippen LogP contribution in [-0.4, -0.2) is 50.9 Å². The highest BCUT2D eigenvalue weighted by molar-refractivity contribution is 7.99. The molecule has 3 rings (SSSR count). The van der Waals surface area contributed by atoms with Crippen molar-refractivity contribution in [3.63, 3.8) is 0 Å². The number of methoxy groups -OCH3 is 1. The third kappa shape index (κ3) is 4.10. The number of amides is 1. The van der Waals surface area contributed by atoms with Gasteiger partial charge in [-0.05, 0) is 35.9 Å². The number of hydrogen-bond donors (Lipinski definition) is 0. The predicted octanol–water partition coefficient (Wildman–Crippen LogP) is 3.69. The van der Waals surface area contributed by atoms with Crippen LogP contribution < -0.4 is 9.64 Å². The van der Waals surface area contributed by atoms with Crippen LogP contribution in [0.2, 0.25) is 0 Å². The van der Waals surface area contributed by atoms with Gasteiger partial charge in [0.1, 0.15) is 5.75 Å². The minimum absolute atomic E-state index is 0.113. The summed E-state index contributed by atoms with van der Waals surface area (Å²) in [5.74, 6) is 1.93. The van der Waals surface area contributed by atoms with E-state index in [2.05, 4.69) is 12.1 Å². The molecule has 1 atom stereocenters. The molecular weight excluding hydrogens is 332 g/mol. The summed E-state index contributed by atoms with van der Waals surface area (Å²) in [5, 5.41) is 0.306. The fraction of sp³-hybridized carbons (Fsp3) is 0.350. The number of carbonyl (C=O) groups is 1. The first-order valence-corrected chi connectivity index (χ1v) is 9.45. The summed E-state index contributed by atoms with van der Waals surface area (Å²) < 4.78 is 5.23. The van der Waals surface area contributed by atoms with E-state index >= 15 is 0 Å². The zero-order valence-corrected chi connectivity index (χ0v) is 15.8. The molecular formula is C20H24N2O2S. The monoisotopic (exact) mass is 356 g/mol. The molecule has 1 aliphatic heterocycles. The molecule has 1 amide bonds. The van der Waals surface area contributed by atoms with E-state index in [0.717, 1.165) is 35.8 Å². The van der Waals surface area contributed by atoms with E-state index in [1.54, 1.807) is 7.11 Å². The van der Waals surface area contributed by atoms with Crippen molar-refractivity contribution in [3.05, 3.63) is 59.7 Å². The van der Waals surface area contributed by atoms with Crippen LogP contribution in [0.4, 0.5) is 5.69 Å². The normalized spacial score (nSPS) is 17.2. The van der Waals surface area contributed by atoms with E-state index < -0.39 is 0 Å². The van der Waals surface area contributed by atoms with Crippen LogP contribution in [-0.2, 0) is 0 Å². The van der Waals surface area contributed by atoms with Crippen molar-refractivity contribution in [2.45, 2.75) is 5.25 Å². The maximum Gasteiger partial charge on any atom is 0.254 e. The summed E-state index contributed by atoms with van der Waals surface area (Å²) in [6.07, 6.45) is 0. The van der Waals surface area contributed by atoms with Gasteiger partial charge in [0.05, 0.1) is 7.11 Å². The number of carbonyl (C=O) groups excluding carboxylic acids is 1. The summed E-state index contributed by atoms with van der Waals surface area (Å²) in [4.78, 5) is 16.9. The lowest BCUT2D eigenvalue weighted by Crippen LogP contribution is -2.39. The molecule has 0 aliphatic carbocycles. The Hall–Kier alpha value is -2.14. The molecule has 0 bridgehead atoms. The van der Waals surface area contributed by atoms with Gasteiger partial charge >= 0.3 is 0 Å². The largest absolute Gasteiger partial charge is 0.497 e. The topological polar surface area (TPSA) is 32.8 Å². The minimum atomic E-state index is 0.113. The van der Waals surface area contributed by atoms with Crippen molar-refractivity contribution in [3.8, 4) is 5.75 Å². The second-order valence-corrected chi connectivity index (χ2v) is 7.64. The lowest BCUT2D eigenvalue weighted by molar-refractivity contribution is 0.0761. The van der Waals surface area contributed by atoms with Crippen LogP contribution in [0.5, 0.6) is 5.75 Å². The van der Waals surface area contributed by atoms with Gasteiger partial charge in [-0.2, -0.15) is 11.8 Å². The van der Waals surface area contributed by atoms with Crippen molar-refractivity contribution in [1.82, 2.24) is 4.90 Å². The van der Waals surface area contributed by atoms with Gasteiger partial charge in [0.25, 0.3) is 5.91 Å². The molecule has 1 aliphatic rings. The van der Waals surface area contributed by atoms with Gasteiger partial charge in [0, 0.05) is 49.4 Å². The second-order valence-electron chi connectivity index (χ2n) is 6.33. The fourth-order valence-electron chi connectivity index (χ4n) is 2.95. The van der Waals surface area contributed by atoms with Gasteiger partial charge in [0.15, 0.2) is 0 Å². The molecule has 1 saturated heterocycles. The highest BCUT2D eigenvalue weighted by atomic mass is 32.2. The van der Waals surface area contributed by atoms with E-state index in [-0.39, 0.29) is 5.91 Å². The predicted molar refractivity (Wildman–Crippen MR) is 105 cm³/mol. The first-order valence-electron chi connectivity index (χ1n) is 8.40. The van der Waals surface area contributed by atoms with Crippen molar-refractivity contribution in [2.24, 2.45) is 0 Å². The van der Waals surface area contributed by atoms with Gasteiger partial charge in [-0.1, -0.05) is 18.2 Å². The number of anilines is 1. The molecule has 0 aromatic heterocycles. The fourth-order valence-corrected chi connectivity index (χ4v) is 4.20. The smallest absolute Gasteiger partial charge is 0.254 e. The molecule has 1 fully saturated rings. The zero-order valence-electron chi connectivity index (χ0n) is 14.9. The van der Waals surface area contributed by atoms with Crippen molar-refractivity contribution in [1.29, 1.82) is 0 Å². The number of nitrogens with zero attached hydrogens (tertiary/aromatic N) is 2. The summed E-state index contributed by atoms with van der Waals surface area (Å²) in [6, 6.07) is 16.0. The summed E-state index contributed by atoms with van der Waals surface area (Å²) in [7, 11) is 5.65. The van der Waals surface area contributed by atoms with Crippen molar-refractivity contribution in [2.75, 3.05) is 44.9 Å². The maximum atomic E-state index is 12.9. The van der Waals surface area contributed by atoms with E-state index in [0.29, 0.717) is 5.25 Å². The minimum Gasteiger partial charge on any atom is -0.497 e. The Labute approximate surface area is 153 Å². The van der Waals surface area contributed by atoms with Crippen LogP contribution in [0.15, 0.2) is 48.5 Å². The lowest BCUT2D eigenvalue weighted by Gasteiger charge is -2.33. The van der Waals surface area contributed by atoms with Crippen molar-refractivity contribution < 1.29 is 9.53 Å². The Kier molecular flexibility index (Phi) is 5.53. The average Bonchev–Trinajstić information content (AvgIpc) is 2.67. The summed E-state index contributed by atoms with van der Waals surface area (Å²) in [6.45, 7) is 1.53. The second kappa shape index (κ2) is 7.83. The molecule has 0 saturated carbocycles. The molecule has 4 nitrogen and oxygen atoms in total. The number of ether oxygens (including phenoxy) is 1. The molecule has 0 spiro atoms. The number of benzene rings is 2. The van der Waals surface area contributed by atoms with Crippen LogP contribution in [0, 0.1) is 0 Å². The Morgan fingerprint density at radius 3 is 2.64 bits per heavy atom. The molecule has 5 heteroatoms. The average molecular weight is 356 g/mol. The van der Waals surface area contributed by atoms with E-state index in [1.165, 1.54) is 5.56 Å². The molecule has 1 unspecified atom stereocenters. The maximum absolute atomic E-state index is 12.9. The molecule has 0 N–H and O–H groups in total. The van der Waals surface area contributed by atoms with Crippen LogP contribution in [0.25, 0.3) is 0 Å². The Bertz CT molecular complexity index is 731. The standard InChI is InChI=1S/C20H24N2O2S/c1-21(2)17-6-4-5-16(13-17)20(23)22-11-12-25-19(14-22)15-7-9-18(24-3)10-8-15/h4-10,13,19H,11-12,14H2,1-3H3. The van der Waals surface area contributed by atoms with Gasteiger partial charge in [-0.15, -0.1) is 0 Å². The van der Waals surface area contributed by atoms with Gasteiger partial charge in [-0.3, -0.25) is 4.79 Å². The van der Waals surface area contributed by atoms with Gasteiger partial charge in [0.2, 0.25) is 0 Å². The third-order valence-corrected chi connectivity index (χ3v) is 5.69. The van der Waals surface area contributed by atoms with E-state index in [1.807, 2.05) is 72.1 Å².